The van der Waals surface area contributed by atoms with Crippen molar-refractivity contribution in [3.63, 3.8) is 0 Å². The Labute approximate surface area is 82.6 Å². The van der Waals surface area contributed by atoms with E-state index in [2.05, 4.69) is 41.6 Å². The highest BCUT2D eigenvalue weighted by Gasteiger charge is 2.11. The number of hydrogen-bond donors (Lipinski definition) is 0. The van der Waals surface area contributed by atoms with Gasteiger partial charge in [0.1, 0.15) is 0 Å². The molecule has 0 N–H and O–H groups in total. The third-order valence-corrected chi connectivity index (χ3v) is 2.74. The minimum absolute atomic E-state index is 0.378. The van der Waals surface area contributed by atoms with Crippen molar-refractivity contribution in [3.8, 4) is 0 Å². The van der Waals surface area contributed by atoms with Crippen LogP contribution in [0.5, 0.6) is 0 Å². The third-order valence-electron chi connectivity index (χ3n) is 2.08. The Balaban J connectivity index is 2.22. The first-order chi connectivity index (χ1) is 6.40. The molecule has 0 bridgehead atoms. The average Bonchev–Trinajstić information content (AvgIpc) is 2.67. The summed E-state index contributed by atoms with van der Waals surface area (Å²) >= 11 is 1.69. The van der Waals surface area contributed by atoms with Gasteiger partial charge < -0.3 is 0 Å². The molecule has 66 valence electrons. The summed E-state index contributed by atoms with van der Waals surface area (Å²) in [6.45, 7) is 0. The molecule has 1 aromatic carbocycles. The van der Waals surface area contributed by atoms with Crippen LogP contribution in [0.15, 0.2) is 46.4 Å². The summed E-state index contributed by atoms with van der Waals surface area (Å²) in [7, 11) is 0. The quantitative estimate of drug-likeness (QED) is 0.696. The fourth-order valence-electron chi connectivity index (χ4n) is 1.37. The smallest absolute Gasteiger partial charge is 0.0923 e. The normalized spacial score (nSPS) is 20.4. The van der Waals surface area contributed by atoms with Gasteiger partial charge in [-0.25, -0.2) is 0 Å². The topological polar surface area (TPSA) is 12.4 Å². The first-order valence-electron chi connectivity index (χ1n) is 4.25. The fourth-order valence-corrected chi connectivity index (χ4v) is 1.82. The van der Waals surface area contributed by atoms with Crippen molar-refractivity contribution in [2.45, 2.75) is 5.92 Å². The number of hydrogen-bond acceptors (Lipinski definition) is 2. The molecule has 2 rings (SSSR count). The number of allylic oxidation sites excluding steroid dienone is 1. The van der Waals surface area contributed by atoms with Gasteiger partial charge in [-0.15, -0.1) is 11.8 Å². The third kappa shape index (κ3) is 1.83. The summed E-state index contributed by atoms with van der Waals surface area (Å²) in [4.78, 5) is 4.31. The van der Waals surface area contributed by atoms with Crippen molar-refractivity contribution >= 4 is 18.0 Å². The van der Waals surface area contributed by atoms with E-state index < -0.39 is 0 Å². The summed E-state index contributed by atoms with van der Waals surface area (Å²) in [6.07, 6.45) is 6.25. The van der Waals surface area contributed by atoms with Crippen LogP contribution in [0.3, 0.4) is 0 Å². The van der Waals surface area contributed by atoms with Crippen molar-refractivity contribution in [1.82, 2.24) is 0 Å². The standard InChI is InChI=1S/C11H11NS/c1-13-11-7-10(8-12-11)9-5-3-2-4-6-9/h2-8,10H,1H3. The minimum atomic E-state index is 0.378. The highest BCUT2D eigenvalue weighted by Crippen LogP contribution is 2.27. The summed E-state index contributed by atoms with van der Waals surface area (Å²) in [5.74, 6) is 0.378. The van der Waals surface area contributed by atoms with Gasteiger partial charge in [0.05, 0.1) is 5.03 Å². The molecule has 13 heavy (non-hydrogen) atoms. The zero-order valence-corrected chi connectivity index (χ0v) is 8.29. The molecule has 0 saturated carbocycles. The van der Waals surface area contributed by atoms with Crippen molar-refractivity contribution < 1.29 is 0 Å². The van der Waals surface area contributed by atoms with Gasteiger partial charge in [0.25, 0.3) is 0 Å². The molecule has 1 heterocycles. The number of aliphatic imine (C=N–C) groups is 1. The SMILES string of the molecule is CSC1=CC(c2ccccc2)C=N1. The summed E-state index contributed by atoms with van der Waals surface area (Å²) in [5, 5.41) is 1.12. The molecule has 2 heteroatoms. The van der Waals surface area contributed by atoms with E-state index in [-0.39, 0.29) is 0 Å². The summed E-state index contributed by atoms with van der Waals surface area (Å²) in [6, 6.07) is 10.4. The zero-order valence-electron chi connectivity index (χ0n) is 7.47. The average molecular weight is 189 g/mol. The number of nitrogens with zero attached hydrogens (tertiary/aromatic N) is 1. The molecule has 0 saturated heterocycles. The van der Waals surface area contributed by atoms with E-state index in [1.165, 1.54) is 5.56 Å². The Morgan fingerprint density at radius 2 is 2.00 bits per heavy atom. The molecule has 0 spiro atoms. The molecule has 1 aliphatic rings. The Morgan fingerprint density at radius 1 is 1.23 bits per heavy atom. The monoisotopic (exact) mass is 189 g/mol. The van der Waals surface area contributed by atoms with Gasteiger partial charge in [0.15, 0.2) is 0 Å². The second-order valence-corrected chi connectivity index (χ2v) is 3.75. The van der Waals surface area contributed by atoms with Crippen molar-refractivity contribution in [3.05, 3.63) is 47.0 Å². The zero-order chi connectivity index (χ0) is 9.10. The maximum Gasteiger partial charge on any atom is 0.0923 e. The second kappa shape index (κ2) is 3.79. The largest absolute Gasteiger partial charge is 0.254 e. The highest BCUT2D eigenvalue weighted by atomic mass is 32.2. The van der Waals surface area contributed by atoms with Crippen LogP contribution in [0.1, 0.15) is 11.5 Å². The molecule has 0 aromatic heterocycles. The van der Waals surface area contributed by atoms with Crippen LogP contribution in [-0.4, -0.2) is 12.5 Å². The van der Waals surface area contributed by atoms with E-state index in [1.54, 1.807) is 11.8 Å². The van der Waals surface area contributed by atoms with Gasteiger partial charge in [-0.05, 0) is 17.9 Å². The molecule has 1 atom stereocenters. The molecular weight excluding hydrogens is 178 g/mol. The van der Waals surface area contributed by atoms with Gasteiger partial charge in [-0.2, -0.15) is 0 Å². The van der Waals surface area contributed by atoms with E-state index in [0.717, 1.165) is 5.03 Å². The van der Waals surface area contributed by atoms with Crippen LogP contribution in [0.25, 0.3) is 0 Å². The molecule has 0 amide bonds. The van der Waals surface area contributed by atoms with Gasteiger partial charge in [-0.1, -0.05) is 30.3 Å². The van der Waals surface area contributed by atoms with Crippen LogP contribution < -0.4 is 0 Å². The van der Waals surface area contributed by atoms with Gasteiger partial charge >= 0.3 is 0 Å². The molecule has 0 fully saturated rings. The van der Waals surface area contributed by atoms with E-state index in [0.29, 0.717) is 5.92 Å². The Bertz CT molecular complexity index is 340. The molecule has 0 aliphatic carbocycles. The van der Waals surface area contributed by atoms with Crippen LogP contribution in [0.2, 0.25) is 0 Å². The predicted molar refractivity (Wildman–Crippen MR) is 59.3 cm³/mol. The Hall–Kier alpha value is -1.02. The van der Waals surface area contributed by atoms with E-state index >= 15 is 0 Å². The summed E-state index contributed by atoms with van der Waals surface area (Å²) in [5.41, 5.74) is 1.32. The molecule has 1 aliphatic heterocycles. The van der Waals surface area contributed by atoms with Crippen molar-refractivity contribution in [2.24, 2.45) is 4.99 Å². The van der Waals surface area contributed by atoms with Crippen LogP contribution in [0.4, 0.5) is 0 Å². The van der Waals surface area contributed by atoms with Crippen LogP contribution >= 0.6 is 11.8 Å². The Kier molecular flexibility index (Phi) is 2.50. The number of thioether (sulfide) groups is 1. The molecule has 0 radical (unpaired) electrons. The molecule has 1 nitrogen and oxygen atoms in total. The van der Waals surface area contributed by atoms with Crippen molar-refractivity contribution in [1.29, 1.82) is 0 Å². The fraction of sp³-hybridized carbons (Fsp3) is 0.182. The number of rotatable bonds is 2. The minimum Gasteiger partial charge on any atom is -0.254 e. The first-order valence-corrected chi connectivity index (χ1v) is 5.47. The van der Waals surface area contributed by atoms with Crippen LogP contribution in [-0.2, 0) is 0 Å². The van der Waals surface area contributed by atoms with Gasteiger partial charge in [-0.3, -0.25) is 4.99 Å². The molecular formula is C11H11NS. The maximum atomic E-state index is 4.31. The maximum absolute atomic E-state index is 4.31. The predicted octanol–water partition coefficient (Wildman–Crippen LogP) is 3.06. The molecule has 1 aromatic rings. The van der Waals surface area contributed by atoms with Gasteiger partial charge in [0, 0.05) is 12.1 Å². The molecule has 1 unspecified atom stereocenters. The van der Waals surface area contributed by atoms with Crippen molar-refractivity contribution in [2.75, 3.05) is 6.26 Å². The van der Waals surface area contributed by atoms with Crippen LogP contribution in [0, 0.1) is 0 Å². The van der Waals surface area contributed by atoms with E-state index in [4.69, 9.17) is 0 Å². The lowest BCUT2D eigenvalue weighted by Gasteiger charge is -2.02. The lowest BCUT2D eigenvalue weighted by Crippen LogP contribution is -1.91. The lowest BCUT2D eigenvalue weighted by atomic mass is 10.0. The lowest BCUT2D eigenvalue weighted by molar-refractivity contribution is 1.19. The first kappa shape index (κ1) is 8.57. The van der Waals surface area contributed by atoms with Gasteiger partial charge in [0.2, 0.25) is 0 Å². The number of benzene rings is 1. The highest BCUT2D eigenvalue weighted by molar-refractivity contribution is 8.02. The second-order valence-electron chi connectivity index (χ2n) is 2.92. The van der Waals surface area contributed by atoms with E-state index in [1.807, 2.05) is 12.3 Å². The summed E-state index contributed by atoms with van der Waals surface area (Å²) < 4.78 is 0. The van der Waals surface area contributed by atoms with E-state index in [9.17, 15) is 0 Å². The Morgan fingerprint density at radius 3 is 2.62 bits per heavy atom.